The van der Waals surface area contributed by atoms with Crippen molar-refractivity contribution in [3.63, 3.8) is 0 Å². The Morgan fingerprint density at radius 1 is 1.90 bits per heavy atom. The summed E-state index contributed by atoms with van der Waals surface area (Å²) in [6.45, 7) is 2.79. The topological polar surface area (TPSA) is 38.7 Å². The van der Waals surface area contributed by atoms with Gasteiger partial charge in [-0.2, -0.15) is 0 Å². The molecule has 0 N–H and O–H groups in total. The minimum Gasteiger partial charge on any atom is -0.461 e. The van der Waals surface area contributed by atoms with Crippen LogP contribution in [0.2, 0.25) is 0 Å². The number of carbonyl (C=O) groups excluding carboxylic acids is 1. The highest BCUT2D eigenvalue weighted by molar-refractivity contribution is 6.41. The van der Waals surface area contributed by atoms with E-state index in [1.807, 2.05) is 6.08 Å². The van der Waals surface area contributed by atoms with Gasteiger partial charge < -0.3 is 4.74 Å². The van der Waals surface area contributed by atoms with Gasteiger partial charge in [-0.05, 0) is 13.0 Å². The Morgan fingerprint density at radius 2 is 2.70 bits per heavy atom. The first-order chi connectivity index (χ1) is 4.84. The Kier molecular flexibility index (Phi) is 2.20. The number of carbonyl (C=O) groups is 1. The van der Waals surface area contributed by atoms with Crippen LogP contribution < -0.4 is 0 Å². The summed E-state index contributed by atoms with van der Waals surface area (Å²) in [6, 6.07) is 0. The van der Waals surface area contributed by atoms with Crippen LogP contribution in [-0.4, -0.2) is 24.8 Å². The summed E-state index contributed by atoms with van der Waals surface area (Å²) >= 11 is 0. The predicted molar refractivity (Wildman–Crippen MR) is 38.1 cm³/mol. The second-order valence-corrected chi connectivity index (χ2v) is 1.85. The lowest BCUT2D eigenvalue weighted by Gasteiger charge is -1.96. The van der Waals surface area contributed by atoms with Crippen molar-refractivity contribution < 1.29 is 9.53 Å². The molecule has 0 aromatic rings. The van der Waals surface area contributed by atoms with Crippen molar-refractivity contribution in [1.29, 1.82) is 0 Å². The van der Waals surface area contributed by atoms with E-state index >= 15 is 0 Å². The van der Waals surface area contributed by atoms with Crippen LogP contribution in [0.15, 0.2) is 17.1 Å². The third-order valence-corrected chi connectivity index (χ3v) is 1.13. The molecule has 0 spiro atoms. The smallest absolute Gasteiger partial charge is 0.356 e. The maximum Gasteiger partial charge on any atom is 0.356 e. The maximum absolute atomic E-state index is 10.8. The first-order valence-corrected chi connectivity index (χ1v) is 3.22. The highest BCUT2D eigenvalue weighted by atomic mass is 16.5. The van der Waals surface area contributed by atoms with Crippen LogP contribution in [0.4, 0.5) is 0 Å². The third-order valence-electron chi connectivity index (χ3n) is 1.13. The predicted octanol–water partition coefficient (Wildman–Crippen LogP) is 0.560. The zero-order valence-electron chi connectivity index (χ0n) is 5.83. The van der Waals surface area contributed by atoms with Crippen LogP contribution in [0.1, 0.15) is 6.92 Å². The molecule has 3 heteroatoms. The van der Waals surface area contributed by atoms with Gasteiger partial charge in [0.2, 0.25) is 0 Å². The Bertz CT molecular complexity index is 194. The van der Waals surface area contributed by atoms with Gasteiger partial charge in [0.15, 0.2) is 0 Å². The minimum absolute atomic E-state index is 0.323. The number of esters is 1. The van der Waals surface area contributed by atoms with Crippen LogP contribution in [0.25, 0.3) is 0 Å². The van der Waals surface area contributed by atoms with Gasteiger partial charge >= 0.3 is 5.97 Å². The lowest BCUT2D eigenvalue weighted by molar-refractivity contribution is -0.134. The van der Waals surface area contributed by atoms with Gasteiger partial charge in [-0.25, -0.2) is 4.79 Å². The van der Waals surface area contributed by atoms with E-state index in [2.05, 4.69) is 4.99 Å². The van der Waals surface area contributed by atoms with E-state index in [1.54, 1.807) is 13.0 Å². The number of rotatable bonds is 2. The molecule has 10 heavy (non-hydrogen) atoms. The molecule has 0 aromatic carbocycles. The van der Waals surface area contributed by atoms with Crippen molar-refractivity contribution in [3.8, 4) is 0 Å². The molecule has 0 bridgehead atoms. The molecule has 1 aliphatic heterocycles. The number of aliphatic imine (C=N–C) groups is 1. The van der Waals surface area contributed by atoms with E-state index in [4.69, 9.17) is 4.74 Å². The van der Waals surface area contributed by atoms with Crippen molar-refractivity contribution in [3.05, 3.63) is 12.2 Å². The molecule has 1 aliphatic rings. The molecule has 3 nitrogen and oxygen atoms in total. The van der Waals surface area contributed by atoms with Crippen LogP contribution in [0, 0.1) is 0 Å². The van der Waals surface area contributed by atoms with Gasteiger partial charge in [-0.1, -0.05) is 6.08 Å². The lowest BCUT2D eigenvalue weighted by atomic mass is 10.4. The summed E-state index contributed by atoms with van der Waals surface area (Å²) in [5.41, 5.74) is 0.432. The average molecular weight is 139 g/mol. The minimum atomic E-state index is -0.323. The Hall–Kier alpha value is -1.12. The second kappa shape index (κ2) is 3.15. The van der Waals surface area contributed by atoms with Crippen molar-refractivity contribution in [2.24, 2.45) is 4.99 Å². The molecule has 0 radical (unpaired) electrons. The fourth-order valence-corrected chi connectivity index (χ4v) is 0.706. The molecule has 1 rings (SSSR count). The number of ether oxygens (including phenoxy) is 1. The SMILES string of the molecule is CCOC(=O)C1=NCC=C1. The highest BCUT2D eigenvalue weighted by Gasteiger charge is 2.10. The standard InChI is InChI=1S/C7H9NO2/c1-2-10-7(9)6-4-3-5-8-6/h3-4H,2,5H2,1H3. The molecule has 1 heterocycles. The molecular formula is C7H9NO2. The van der Waals surface area contributed by atoms with Crippen LogP contribution >= 0.6 is 0 Å². The summed E-state index contributed by atoms with van der Waals surface area (Å²) < 4.78 is 4.70. The zero-order chi connectivity index (χ0) is 7.40. The van der Waals surface area contributed by atoms with Crippen molar-refractivity contribution in [2.45, 2.75) is 6.92 Å². The number of hydrogen-bond donors (Lipinski definition) is 0. The molecule has 0 aliphatic carbocycles. The van der Waals surface area contributed by atoms with Gasteiger partial charge in [0.05, 0.1) is 13.2 Å². The van der Waals surface area contributed by atoms with E-state index in [0.717, 1.165) is 0 Å². The fourth-order valence-electron chi connectivity index (χ4n) is 0.706. The van der Waals surface area contributed by atoms with E-state index in [1.165, 1.54) is 0 Å². The molecule has 0 saturated carbocycles. The largest absolute Gasteiger partial charge is 0.461 e. The monoisotopic (exact) mass is 139 g/mol. The summed E-state index contributed by atoms with van der Waals surface area (Å²) in [5.74, 6) is -0.323. The first kappa shape index (κ1) is 6.99. The Morgan fingerprint density at radius 3 is 3.20 bits per heavy atom. The molecule has 0 saturated heterocycles. The van der Waals surface area contributed by atoms with Crippen molar-refractivity contribution in [1.82, 2.24) is 0 Å². The first-order valence-electron chi connectivity index (χ1n) is 3.22. The van der Waals surface area contributed by atoms with Crippen LogP contribution in [-0.2, 0) is 9.53 Å². The lowest BCUT2D eigenvalue weighted by Crippen LogP contribution is -2.13. The molecule has 0 aromatic heterocycles. The number of hydrogen-bond acceptors (Lipinski definition) is 3. The van der Waals surface area contributed by atoms with Gasteiger partial charge in [0, 0.05) is 0 Å². The Labute approximate surface area is 59.4 Å². The summed E-state index contributed by atoms with van der Waals surface area (Å²) in [5, 5.41) is 0. The normalized spacial score (nSPS) is 15.1. The average Bonchev–Trinajstić information content (AvgIpc) is 2.38. The Balaban J connectivity index is 2.48. The van der Waals surface area contributed by atoms with Gasteiger partial charge in [-0.15, -0.1) is 0 Å². The van der Waals surface area contributed by atoms with Gasteiger partial charge in [0.25, 0.3) is 0 Å². The van der Waals surface area contributed by atoms with Crippen molar-refractivity contribution >= 4 is 11.7 Å². The summed E-state index contributed by atoms with van der Waals surface area (Å²) in [7, 11) is 0. The van der Waals surface area contributed by atoms with Gasteiger partial charge in [0.1, 0.15) is 5.71 Å². The fraction of sp³-hybridized carbons (Fsp3) is 0.429. The van der Waals surface area contributed by atoms with E-state index in [0.29, 0.717) is 18.9 Å². The molecule has 54 valence electrons. The molecular weight excluding hydrogens is 130 g/mol. The van der Waals surface area contributed by atoms with E-state index < -0.39 is 0 Å². The molecule has 0 fully saturated rings. The molecule has 0 amide bonds. The van der Waals surface area contributed by atoms with E-state index in [-0.39, 0.29) is 5.97 Å². The third kappa shape index (κ3) is 1.43. The van der Waals surface area contributed by atoms with Crippen molar-refractivity contribution in [2.75, 3.05) is 13.2 Å². The van der Waals surface area contributed by atoms with Crippen LogP contribution in [0.3, 0.4) is 0 Å². The summed E-state index contributed by atoms with van der Waals surface area (Å²) in [6.07, 6.45) is 3.50. The zero-order valence-corrected chi connectivity index (χ0v) is 5.83. The maximum atomic E-state index is 10.8. The molecule has 0 unspecified atom stereocenters. The van der Waals surface area contributed by atoms with Gasteiger partial charge in [-0.3, -0.25) is 4.99 Å². The quantitative estimate of drug-likeness (QED) is 0.524. The number of nitrogens with zero attached hydrogens (tertiary/aromatic N) is 1. The summed E-state index contributed by atoms with van der Waals surface area (Å²) in [4.78, 5) is 14.7. The van der Waals surface area contributed by atoms with Crippen LogP contribution in [0.5, 0.6) is 0 Å². The molecule has 0 atom stereocenters. The highest BCUT2D eigenvalue weighted by Crippen LogP contribution is 1.95. The van der Waals surface area contributed by atoms with E-state index in [9.17, 15) is 4.79 Å². The second-order valence-electron chi connectivity index (χ2n) is 1.85.